The van der Waals surface area contributed by atoms with Crippen molar-refractivity contribution in [1.29, 1.82) is 0 Å². The summed E-state index contributed by atoms with van der Waals surface area (Å²) in [6.07, 6.45) is 8.45. The Morgan fingerprint density at radius 3 is 2.95 bits per heavy atom. The first kappa shape index (κ1) is 14.3. The minimum absolute atomic E-state index is 0.564. The smallest absolute Gasteiger partial charge is 0.232 e. The van der Waals surface area contributed by atoms with Gasteiger partial charge >= 0.3 is 0 Å². The van der Waals surface area contributed by atoms with Crippen LogP contribution in [0.1, 0.15) is 26.7 Å². The molecule has 4 nitrogen and oxygen atoms in total. The van der Waals surface area contributed by atoms with Crippen LogP contribution < -0.4 is 10.1 Å². The minimum Gasteiger partial charge on any atom is -0.476 e. The third-order valence-corrected chi connectivity index (χ3v) is 3.94. The lowest BCUT2D eigenvalue weighted by atomic mass is 9.85. The van der Waals surface area contributed by atoms with Gasteiger partial charge in [-0.1, -0.05) is 19.1 Å². The highest BCUT2D eigenvalue weighted by atomic mass is 79.9. The van der Waals surface area contributed by atoms with Gasteiger partial charge in [-0.25, -0.2) is 4.98 Å². The molecule has 5 heteroatoms. The lowest BCUT2D eigenvalue weighted by Crippen LogP contribution is -2.21. The van der Waals surface area contributed by atoms with Gasteiger partial charge in [0.25, 0.3) is 0 Å². The summed E-state index contributed by atoms with van der Waals surface area (Å²) in [5, 5.41) is 3.09. The predicted molar refractivity (Wildman–Crippen MR) is 80.4 cm³/mol. The van der Waals surface area contributed by atoms with E-state index in [0.29, 0.717) is 30.3 Å². The summed E-state index contributed by atoms with van der Waals surface area (Å²) in [6.45, 7) is 5.79. The lowest BCUT2D eigenvalue weighted by molar-refractivity contribution is 0.191. The van der Waals surface area contributed by atoms with E-state index < -0.39 is 0 Å². The zero-order valence-corrected chi connectivity index (χ0v) is 13.0. The second kappa shape index (κ2) is 6.89. The van der Waals surface area contributed by atoms with Crippen molar-refractivity contribution in [3.05, 3.63) is 22.8 Å². The van der Waals surface area contributed by atoms with Gasteiger partial charge in [-0.3, -0.25) is 0 Å². The summed E-state index contributed by atoms with van der Waals surface area (Å²) in [7, 11) is 0. The van der Waals surface area contributed by atoms with Crippen molar-refractivity contribution >= 4 is 21.9 Å². The molecule has 1 aromatic rings. The van der Waals surface area contributed by atoms with Crippen molar-refractivity contribution < 1.29 is 4.74 Å². The van der Waals surface area contributed by atoms with Crippen LogP contribution in [0, 0.1) is 11.8 Å². The SMILES string of the molecule is CCNc1ncc(Br)c(OCC2CC=CCC2C)n1. The van der Waals surface area contributed by atoms with Crippen LogP contribution in [-0.4, -0.2) is 23.1 Å². The summed E-state index contributed by atoms with van der Waals surface area (Å²) in [4.78, 5) is 8.54. The van der Waals surface area contributed by atoms with E-state index in [4.69, 9.17) is 4.74 Å². The Balaban J connectivity index is 1.98. The maximum atomic E-state index is 5.86. The van der Waals surface area contributed by atoms with Crippen molar-refractivity contribution in [2.75, 3.05) is 18.5 Å². The van der Waals surface area contributed by atoms with Crippen molar-refractivity contribution in [1.82, 2.24) is 9.97 Å². The molecule has 0 saturated heterocycles. The van der Waals surface area contributed by atoms with Crippen LogP contribution in [0.3, 0.4) is 0 Å². The molecule has 0 spiro atoms. The first-order chi connectivity index (χ1) is 9.20. The average Bonchev–Trinajstić information content (AvgIpc) is 2.41. The third-order valence-electron chi connectivity index (χ3n) is 3.40. The number of allylic oxidation sites excluding steroid dienone is 2. The number of rotatable bonds is 5. The van der Waals surface area contributed by atoms with Gasteiger partial charge in [0.1, 0.15) is 0 Å². The highest BCUT2D eigenvalue weighted by Gasteiger charge is 2.19. The van der Waals surface area contributed by atoms with Gasteiger partial charge in [-0.05, 0) is 47.5 Å². The number of aromatic nitrogens is 2. The zero-order chi connectivity index (χ0) is 13.7. The molecule has 1 aliphatic carbocycles. The van der Waals surface area contributed by atoms with Crippen LogP contribution in [0.2, 0.25) is 0 Å². The van der Waals surface area contributed by atoms with Gasteiger partial charge < -0.3 is 10.1 Å². The van der Waals surface area contributed by atoms with E-state index in [1.165, 1.54) is 0 Å². The van der Waals surface area contributed by atoms with Crippen LogP contribution in [0.5, 0.6) is 5.88 Å². The van der Waals surface area contributed by atoms with E-state index in [-0.39, 0.29) is 0 Å². The Morgan fingerprint density at radius 2 is 2.21 bits per heavy atom. The van der Waals surface area contributed by atoms with Crippen LogP contribution in [0.25, 0.3) is 0 Å². The fraction of sp³-hybridized carbons (Fsp3) is 0.571. The van der Waals surface area contributed by atoms with E-state index >= 15 is 0 Å². The van der Waals surface area contributed by atoms with Crippen LogP contribution in [0.15, 0.2) is 22.8 Å². The summed E-state index contributed by atoms with van der Waals surface area (Å²) < 4.78 is 6.66. The Kier molecular flexibility index (Phi) is 5.19. The number of nitrogens with zero attached hydrogens (tertiary/aromatic N) is 2. The first-order valence-corrected chi connectivity index (χ1v) is 7.54. The molecular weight excluding hydrogens is 306 g/mol. The molecule has 1 heterocycles. The molecule has 2 unspecified atom stereocenters. The Hall–Kier alpha value is -1.10. The van der Waals surface area contributed by atoms with Crippen molar-refractivity contribution in [2.45, 2.75) is 26.7 Å². The fourth-order valence-electron chi connectivity index (χ4n) is 2.12. The second-order valence-electron chi connectivity index (χ2n) is 4.87. The molecule has 0 aliphatic heterocycles. The van der Waals surface area contributed by atoms with E-state index in [1.54, 1.807) is 6.20 Å². The van der Waals surface area contributed by atoms with Crippen LogP contribution in [-0.2, 0) is 0 Å². The molecule has 1 aliphatic rings. The lowest BCUT2D eigenvalue weighted by Gasteiger charge is -2.25. The number of hydrogen-bond acceptors (Lipinski definition) is 4. The molecule has 1 aromatic heterocycles. The van der Waals surface area contributed by atoms with Crippen molar-refractivity contribution in [2.24, 2.45) is 11.8 Å². The van der Waals surface area contributed by atoms with E-state index in [1.807, 2.05) is 6.92 Å². The van der Waals surface area contributed by atoms with Crippen molar-refractivity contribution in [3.8, 4) is 5.88 Å². The fourth-order valence-corrected chi connectivity index (χ4v) is 2.43. The van der Waals surface area contributed by atoms with Gasteiger partial charge in [0.15, 0.2) is 0 Å². The molecule has 19 heavy (non-hydrogen) atoms. The maximum absolute atomic E-state index is 5.86. The van der Waals surface area contributed by atoms with Crippen LogP contribution >= 0.6 is 15.9 Å². The second-order valence-corrected chi connectivity index (χ2v) is 5.72. The molecule has 2 rings (SSSR count). The van der Waals surface area contributed by atoms with Gasteiger partial charge in [0.05, 0.1) is 17.3 Å². The number of anilines is 1. The molecule has 1 N–H and O–H groups in total. The zero-order valence-electron chi connectivity index (χ0n) is 11.4. The quantitative estimate of drug-likeness (QED) is 0.839. The molecule has 0 fully saturated rings. The standard InChI is InChI=1S/C14H20BrN3O/c1-3-16-14-17-8-12(15)13(18-14)19-9-11-7-5-4-6-10(11)2/h4-5,8,10-11H,3,6-7,9H2,1-2H3,(H,16,17,18). The van der Waals surface area contributed by atoms with E-state index in [0.717, 1.165) is 23.9 Å². The number of nitrogens with one attached hydrogen (secondary N) is 1. The number of hydrogen-bond donors (Lipinski definition) is 1. The van der Waals surface area contributed by atoms with E-state index in [9.17, 15) is 0 Å². The highest BCUT2D eigenvalue weighted by Crippen LogP contribution is 2.28. The molecule has 0 bridgehead atoms. The Labute approximate surface area is 122 Å². The van der Waals surface area contributed by atoms with Gasteiger partial charge in [0, 0.05) is 6.54 Å². The van der Waals surface area contributed by atoms with E-state index in [2.05, 4.69) is 50.3 Å². The molecule has 0 radical (unpaired) electrons. The summed E-state index contributed by atoms with van der Waals surface area (Å²) >= 11 is 3.43. The molecule has 0 aromatic carbocycles. The van der Waals surface area contributed by atoms with Gasteiger partial charge in [-0.15, -0.1) is 0 Å². The monoisotopic (exact) mass is 325 g/mol. The molecular formula is C14H20BrN3O. The van der Waals surface area contributed by atoms with Gasteiger partial charge in [-0.2, -0.15) is 4.98 Å². The minimum atomic E-state index is 0.564. The normalized spacial score (nSPS) is 22.3. The third kappa shape index (κ3) is 3.93. The maximum Gasteiger partial charge on any atom is 0.232 e. The average molecular weight is 326 g/mol. The number of ether oxygens (including phenoxy) is 1. The molecule has 0 saturated carbocycles. The molecule has 0 amide bonds. The van der Waals surface area contributed by atoms with Crippen molar-refractivity contribution in [3.63, 3.8) is 0 Å². The molecule has 104 valence electrons. The number of halogens is 1. The topological polar surface area (TPSA) is 47.0 Å². The summed E-state index contributed by atoms with van der Waals surface area (Å²) in [5.74, 6) is 2.46. The van der Waals surface area contributed by atoms with Crippen LogP contribution in [0.4, 0.5) is 5.95 Å². The summed E-state index contributed by atoms with van der Waals surface area (Å²) in [5.41, 5.74) is 0. The first-order valence-electron chi connectivity index (χ1n) is 6.75. The van der Waals surface area contributed by atoms with Gasteiger partial charge in [0.2, 0.25) is 11.8 Å². The Bertz CT molecular complexity index is 450. The molecule has 2 atom stereocenters. The highest BCUT2D eigenvalue weighted by molar-refractivity contribution is 9.10. The largest absolute Gasteiger partial charge is 0.476 e. The predicted octanol–water partition coefficient (Wildman–Crippen LogP) is 3.65. The Morgan fingerprint density at radius 1 is 1.42 bits per heavy atom. The summed E-state index contributed by atoms with van der Waals surface area (Å²) in [6, 6.07) is 0.